The summed E-state index contributed by atoms with van der Waals surface area (Å²) in [5.41, 5.74) is 2.26. The lowest BCUT2D eigenvalue weighted by Crippen LogP contribution is -2.51. The zero-order valence-corrected chi connectivity index (χ0v) is 17.1. The number of hydrogen-bond donors (Lipinski definition) is 2. The Labute approximate surface area is 173 Å². The summed E-state index contributed by atoms with van der Waals surface area (Å²) < 4.78 is 5.66. The molecule has 3 nitrogen and oxygen atoms in total. The molecular formula is C26H29NO2. The molecule has 0 spiro atoms. The van der Waals surface area contributed by atoms with E-state index in [0.717, 1.165) is 17.7 Å². The highest BCUT2D eigenvalue weighted by Gasteiger charge is 2.49. The Bertz CT molecular complexity index is 928. The molecule has 1 heterocycles. The minimum absolute atomic E-state index is 0.0150. The summed E-state index contributed by atoms with van der Waals surface area (Å²) in [6.07, 6.45) is 1.45. The maximum Gasteiger partial charge on any atom is 0.124 e. The molecule has 0 amide bonds. The van der Waals surface area contributed by atoms with Gasteiger partial charge in [-0.3, -0.25) is 0 Å². The smallest absolute Gasteiger partial charge is 0.124 e. The summed E-state index contributed by atoms with van der Waals surface area (Å²) in [6.45, 7) is 2.16. The second-order valence-electron chi connectivity index (χ2n) is 7.86. The standard InChI is InChI=1S/C26H29NO2/c1-3-21-25(20-14-8-5-9-15-20)27-23(19-12-6-4-7-13-19)18-26(21,28)22-16-10-11-17-24(22)29-2/h4-17,21,23,25,27-28H,3,18H2,1-2H3/t21-,23+,25-,26-/m1/s1. The van der Waals surface area contributed by atoms with Crippen LogP contribution in [0.1, 0.15) is 48.5 Å². The van der Waals surface area contributed by atoms with Crippen LogP contribution in [0.3, 0.4) is 0 Å². The molecule has 3 aromatic rings. The Balaban J connectivity index is 1.85. The Morgan fingerprint density at radius 3 is 2.10 bits per heavy atom. The fourth-order valence-corrected chi connectivity index (χ4v) is 4.90. The Kier molecular flexibility index (Phi) is 5.70. The Morgan fingerprint density at radius 2 is 1.48 bits per heavy atom. The van der Waals surface area contributed by atoms with Gasteiger partial charge < -0.3 is 15.2 Å². The van der Waals surface area contributed by atoms with E-state index in [1.54, 1.807) is 7.11 Å². The van der Waals surface area contributed by atoms with Crippen molar-refractivity contribution < 1.29 is 9.84 Å². The summed E-state index contributed by atoms with van der Waals surface area (Å²) in [6, 6.07) is 28.9. The number of piperidine rings is 1. The second-order valence-corrected chi connectivity index (χ2v) is 7.86. The molecule has 3 heteroatoms. The van der Waals surface area contributed by atoms with Crippen LogP contribution in [0.15, 0.2) is 84.9 Å². The molecule has 0 aliphatic carbocycles. The maximum atomic E-state index is 12.3. The number of methoxy groups -OCH3 is 1. The summed E-state index contributed by atoms with van der Waals surface area (Å²) >= 11 is 0. The minimum Gasteiger partial charge on any atom is -0.496 e. The van der Waals surface area contributed by atoms with Crippen LogP contribution in [0.5, 0.6) is 5.75 Å². The minimum atomic E-state index is -1.01. The van der Waals surface area contributed by atoms with Crippen LogP contribution in [-0.2, 0) is 5.60 Å². The first-order chi connectivity index (χ1) is 14.2. The molecule has 1 saturated heterocycles. The van der Waals surface area contributed by atoms with Crippen LogP contribution in [0.25, 0.3) is 0 Å². The lowest BCUT2D eigenvalue weighted by molar-refractivity contribution is -0.0842. The van der Waals surface area contributed by atoms with Crippen LogP contribution in [0, 0.1) is 5.92 Å². The van der Waals surface area contributed by atoms with Gasteiger partial charge in [0.15, 0.2) is 0 Å². The van der Waals surface area contributed by atoms with E-state index in [4.69, 9.17) is 4.74 Å². The molecule has 0 unspecified atom stereocenters. The molecule has 0 radical (unpaired) electrons. The normalized spacial score (nSPS) is 26.8. The molecule has 150 valence electrons. The molecule has 4 atom stereocenters. The van der Waals surface area contributed by atoms with E-state index in [1.807, 2.05) is 36.4 Å². The first-order valence-electron chi connectivity index (χ1n) is 10.4. The van der Waals surface area contributed by atoms with Gasteiger partial charge in [-0.25, -0.2) is 0 Å². The van der Waals surface area contributed by atoms with Gasteiger partial charge >= 0.3 is 0 Å². The van der Waals surface area contributed by atoms with Crippen molar-refractivity contribution in [3.8, 4) is 5.75 Å². The van der Waals surface area contributed by atoms with Crippen LogP contribution in [-0.4, -0.2) is 12.2 Å². The predicted molar refractivity (Wildman–Crippen MR) is 117 cm³/mol. The second kappa shape index (κ2) is 8.40. The molecule has 1 fully saturated rings. The van der Waals surface area contributed by atoms with Crippen LogP contribution in [0.4, 0.5) is 0 Å². The van der Waals surface area contributed by atoms with Gasteiger partial charge in [-0.15, -0.1) is 0 Å². The summed E-state index contributed by atoms with van der Waals surface area (Å²) in [4.78, 5) is 0. The van der Waals surface area contributed by atoms with Gasteiger partial charge in [0.1, 0.15) is 5.75 Å². The quantitative estimate of drug-likeness (QED) is 0.617. The van der Waals surface area contributed by atoms with Crippen molar-refractivity contribution >= 4 is 0 Å². The summed E-state index contributed by atoms with van der Waals surface area (Å²) in [7, 11) is 1.67. The predicted octanol–water partition coefficient (Wildman–Crippen LogP) is 5.38. The van der Waals surface area contributed by atoms with E-state index in [0.29, 0.717) is 6.42 Å². The van der Waals surface area contributed by atoms with Gasteiger partial charge in [-0.05, 0) is 23.6 Å². The number of para-hydroxylation sites is 1. The first-order valence-corrected chi connectivity index (χ1v) is 10.4. The maximum absolute atomic E-state index is 12.3. The van der Waals surface area contributed by atoms with Crippen molar-refractivity contribution in [3.63, 3.8) is 0 Å². The fraction of sp³-hybridized carbons (Fsp3) is 0.308. The Morgan fingerprint density at radius 1 is 0.897 bits per heavy atom. The number of ether oxygens (including phenoxy) is 1. The molecule has 0 aromatic heterocycles. The third-order valence-corrected chi connectivity index (χ3v) is 6.29. The van der Waals surface area contributed by atoms with Crippen molar-refractivity contribution in [2.45, 2.75) is 37.5 Å². The number of benzene rings is 3. The SMILES string of the molecule is CC[C@@H]1[C@@H](c2ccccc2)N[C@H](c2ccccc2)C[C@]1(O)c1ccccc1OC. The van der Waals surface area contributed by atoms with E-state index in [2.05, 4.69) is 60.8 Å². The molecular weight excluding hydrogens is 358 g/mol. The highest BCUT2D eigenvalue weighted by molar-refractivity contribution is 5.41. The van der Waals surface area contributed by atoms with Crippen LogP contribution >= 0.6 is 0 Å². The topological polar surface area (TPSA) is 41.5 Å². The molecule has 3 aromatic carbocycles. The van der Waals surface area contributed by atoms with Crippen LogP contribution in [0.2, 0.25) is 0 Å². The van der Waals surface area contributed by atoms with E-state index >= 15 is 0 Å². The van der Waals surface area contributed by atoms with Crippen LogP contribution < -0.4 is 10.1 Å². The van der Waals surface area contributed by atoms with Crippen molar-refractivity contribution in [1.82, 2.24) is 5.32 Å². The highest BCUT2D eigenvalue weighted by atomic mass is 16.5. The van der Waals surface area contributed by atoms with Gasteiger partial charge in [0.05, 0.1) is 12.7 Å². The number of nitrogens with one attached hydrogen (secondary N) is 1. The molecule has 2 N–H and O–H groups in total. The molecule has 1 aliphatic rings. The molecule has 0 saturated carbocycles. The van der Waals surface area contributed by atoms with Crippen molar-refractivity contribution in [2.24, 2.45) is 5.92 Å². The van der Waals surface area contributed by atoms with Crippen molar-refractivity contribution in [2.75, 3.05) is 7.11 Å². The number of hydrogen-bond acceptors (Lipinski definition) is 3. The summed E-state index contributed by atoms with van der Waals surface area (Å²) in [5.74, 6) is 0.759. The van der Waals surface area contributed by atoms with Gasteiger partial charge in [0.25, 0.3) is 0 Å². The van der Waals surface area contributed by atoms with Gasteiger partial charge in [-0.1, -0.05) is 85.8 Å². The lowest BCUT2D eigenvalue weighted by atomic mass is 9.67. The Hall–Kier alpha value is -2.62. The van der Waals surface area contributed by atoms with Gasteiger partial charge in [0, 0.05) is 30.0 Å². The zero-order valence-electron chi connectivity index (χ0n) is 17.1. The van der Waals surface area contributed by atoms with E-state index < -0.39 is 5.60 Å². The monoisotopic (exact) mass is 387 g/mol. The molecule has 1 aliphatic heterocycles. The van der Waals surface area contributed by atoms with E-state index in [9.17, 15) is 5.11 Å². The highest BCUT2D eigenvalue weighted by Crippen LogP contribution is 2.51. The fourth-order valence-electron chi connectivity index (χ4n) is 4.90. The number of aliphatic hydroxyl groups is 1. The lowest BCUT2D eigenvalue weighted by Gasteiger charge is -2.49. The molecule has 0 bridgehead atoms. The third-order valence-electron chi connectivity index (χ3n) is 6.29. The largest absolute Gasteiger partial charge is 0.496 e. The average Bonchev–Trinajstić information content (AvgIpc) is 2.79. The zero-order chi connectivity index (χ0) is 20.3. The molecule has 29 heavy (non-hydrogen) atoms. The van der Waals surface area contributed by atoms with Crippen molar-refractivity contribution in [1.29, 1.82) is 0 Å². The van der Waals surface area contributed by atoms with E-state index in [-0.39, 0.29) is 18.0 Å². The van der Waals surface area contributed by atoms with E-state index in [1.165, 1.54) is 11.1 Å². The summed E-state index contributed by atoms with van der Waals surface area (Å²) in [5, 5.41) is 16.1. The van der Waals surface area contributed by atoms with Gasteiger partial charge in [-0.2, -0.15) is 0 Å². The molecule has 4 rings (SSSR count). The van der Waals surface area contributed by atoms with Gasteiger partial charge in [0.2, 0.25) is 0 Å². The number of rotatable bonds is 5. The van der Waals surface area contributed by atoms with Crippen molar-refractivity contribution in [3.05, 3.63) is 102 Å². The first kappa shape index (κ1) is 19.7. The average molecular weight is 388 g/mol. The third kappa shape index (κ3) is 3.68.